The van der Waals surface area contributed by atoms with Gasteiger partial charge in [-0.05, 0) is 36.8 Å². The van der Waals surface area contributed by atoms with Crippen LogP contribution < -0.4 is 10.6 Å². The zero-order chi connectivity index (χ0) is 20.6. The van der Waals surface area contributed by atoms with Crippen molar-refractivity contribution in [3.63, 3.8) is 0 Å². The van der Waals surface area contributed by atoms with E-state index in [-0.39, 0.29) is 11.8 Å². The van der Waals surface area contributed by atoms with Gasteiger partial charge < -0.3 is 10.6 Å². The summed E-state index contributed by atoms with van der Waals surface area (Å²) >= 11 is 8.50. The number of hydrogen-bond donors (Lipinski definition) is 2. The predicted octanol–water partition coefficient (Wildman–Crippen LogP) is 4.30. The maximum absolute atomic E-state index is 12.3. The molecule has 29 heavy (non-hydrogen) atoms. The third-order valence-electron chi connectivity index (χ3n) is 3.83. The van der Waals surface area contributed by atoms with Crippen molar-refractivity contribution in [3.05, 3.63) is 74.7 Å². The maximum Gasteiger partial charge on any atom is 0.286 e. The predicted molar refractivity (Wildman–Crippen MR) is 119 cm³/mol. The number of aryl methyl sites for hydroxylation is 1. The summed E-state index contributed by atoms with van der Waals surface area (Å²) in [5.41, 5.74) is 2.82. The first-order valence-corrected chi connectivity index (χ1v) is 11.1. The first-order valence-electron chi connectivity index (χ1n) is 8.79. The lowest BCUT2D eigenvalue weighted by atomic mass is 10.2. The van der Waals surface area contributed by atoms with Crippen LogP contribution in [0.5, 0.6) is 0 Å². The summed E-state index contributed by atoms with van der Waals surface area (Å²) < 4.78 is 0. The number of rotatable bonds is 8. The molecule has 2 N–H and O–H groups in total. The monoisotopic (exact) mass is 446 g/mol. The van der Waals surface area contributed by atoms with Crippen LogP contribution >= 0.6 is 34.7 Å². The number of benzene rings is 2. The number of amides is 2. The van der Waals surface area contributed by atoms with Gasteiger partial charge in [0.2, 0.25) is 10.9 Å². The number of carbonyl (C=O) groups is 2. The highest BCUT2D eigenvalue weighted by atomic mass is 35.5. The first-order chi connectivity index (χ1) is 14.0. The molecule has 0 fully saturated rings. The van der Waals surface area contributed by atoms with Gasteiger partial charge in [-0.25, -0.2) is 0 Å². The molecular weight excluding hydrogens is 428 g/mol. The number of halogens is 1. The summed E-state index contributed by atoms with van der Waals surface area (Å²) in [5, 5.41) is 15.3. The van der Waals surface area contributed by atoms with Gasteiger partial charge in [0, 0.05) is 23.0 Å². The molecule has 150 valence electrons. The van der Waals surface area contributed by atoms with Gasteiger partial charge >= 0.3 is 0 Å². The van der Waals surface area contributed by atoms with Gasteiger partial charge in [0.25, 0.3) is 5.91 Å². The summed E-state index contributed by atoms with van der Waals surface area (Å²) in [6, 6.07) is 14.9. The van der Waals surface area contributed by atoms with E-state index in [9.17, 15) is 9.59 Å². The summed E-state index contributed by atoms with van der Waals surface area (Å²) in [6.45, 7) is 2.44. The van der Waals surface area contributed by atoms with Gasteiger partial charge in [-0.15, -0.1) is 22.0 Å². The summed E-state index contributed by atoms with van der Waals surface area (Å²) in [5.74, 6) is 0.470. The van der Waals surface area contributed by atoms with E-state index in [1.807, 2.05) is 43.3 Å². The Morgan fingerprint density at radius 2 is 1.79 bits per heavy atom. The Hall–Kier alpha value is -2.42. The van der Waals surface area contributed by atoms with Crippen molar-refractivity contribution in [2.75, 3.05) is 11.1 Å². The summed E-state index contributed by atoms with van der Waals surface area (Å²) in [7, 11) is 0. The summed E-state index contributed by atoms with van der Waals surface area (Å²) in [6.07, 6.45) is 0. The molecule has 2 amide bonds. The van der Waals surface area contributed by atoms with Crippen molar-refractivity contribution in [1.82, 2.24) is 15.5 Å². The lowest BCUT2D eigenvalue weighted by Crippen LogP contribution is -2.24. The molecule has 1 aromatic heterocycles. The Morgan fingerprint density at radius 1 is 1.07 bits per heavy atom. The van der Waals surface area contributed by atoms with Crippen LogP contribution in [0.1, 0.15) is 25.9 Å². The molecule has 0 aliphatic rings. The number of aromatic nitrogens is 2. The average molecular weight is 447 g/mol. The third-order valence-corrected chi connectivity index (χ3v) is 6.13. The molecule has 6 nitrogen and oxygen atoms in total. The highest BCUT2D eigenvalue weighted by molar-refractivity contribution is 7.99. The molecule has 0 saturated heterocycles. The molecule has 0 saturated carbocycles. The molecule has 0 atom stereocenters. The van der Waals surface area contributed by atoms with Crippen LogP contribution in [0.3, 0.4) is 0 Å². The lowest BCUT2D eigenvalue weighted by Gasteiger charge is -2.05. The van der Waals surface area contributed by atoms with Crippen molar-refractivity contribution >= 4 is 52.2 Å². The standard InChI is InChI=1S/C20H19ClN4O2S2/c1-13-2-8-16(9-3-13)23-19(27)20-25-24-18(29-20)12-28-11-17(26)22-10-14-4-6-15(21)7-5-14/h2-9H,10-12H2,1H3,(H,22,26)(H,23,27). The zero-order valence-electron chi connectivity index (χ0n) is 15.6. The molecule has 3 rings (SSSR count). The van der Waals surface area contributed by atoms with Crippen molar-refractivity contribution in [3.8, 4) is 0 Å². The van der Waals surface area contributed by atoms with Crippen LogP contribution in [-0.4, -0.2) is 27.8 Å². The molecule has 0 radical (unpaired) electrons. The number of nitrogens with one attached hydrogen (secondary N) is 2. The van der Waals surface area contributed by atoms with Gasteiger partial charge in [0.15, 0.2) is 0 Å². The Labute approximate surface area is 182 Å². The van der Waals surface area contributed by atoms with Crippen molar-refractivity contribution in [2.45, 2.75) is 19.2 Å². The number of carbonyl (C=O) groups excluding carboxylic acids is 2. The van der Waals surface area contributed by atoms with Gasteiger partial charge in [-0.3, -0.25) is 9.59 Å². The molecule has 0 aliphatic carbocycles. The first kappa shape index (κ1) is 21.3. The second-order valence-corrected chi connectivity index (χ2v) is 8.70. The molecular formula is C20H19ClN4O2S2. The molecule has 3 aromatic rings. The van der Waals surface area contributed by atoms with E-state index >= 15 is 0 Å². The fourth-order valence-corrected chi connectivity index (χ4v) is 4.07. The van der Waals surface area contributed by atoms with Gasteiger partial charge in [-0.1, -0.05) is 52.8 Å². The van der Waals surface area contributed by atoms with Crippen LogP contribution in [0.15, 0.2) is 48.5 Å². The molecule has 9 heteroatoms. The highest BCUT2D eigenvalue weighted by Gasteiger charge is 2.13. The van der Waals surface area contributed by atoms with Gasteiger partial charge in [0.05, 0.1) is 5.75 Å². The van der Waals surface area contributed by atoms with E-state index in [1.54, 1.807) is 12.1 Å². The molecule has 0 unspecified atom stereocenters. The topological polar surface area (TPSA) is 84.0 Å². The Morgan fingerprint density at radius 3 is 2.52 bits per heavy atom. The van der Waals surface area contributed by atoms with Crippen LogP contribution in [0.25, 0.3) is 0 Å². The SMILES string of the molecule is Cc1ccc(NC(=O)c2nnc(CSCC(=O)NCc3ccc(Cl)cc3)s2)cc1. The molecule has 0 bridgehead atoms. The maximum atomic E-state index is 12.3. The quantitative estimate of drug-likeness (QED) is 0.538. The van der Waals surface area contributed by atoms with Crippen molar-refractivity contribution in [1.29, 1.82) is 0 Å². The van der Waals surface area contributed by atoms with Crippen LogP contribution in [0.2, 0.25) is 5.02 Å². The van der Waals surface area contributed by atoms with Crippen LogP contribution in [-0.2, 0) is 17.1 Å². The fraction of sp³-hybridized carbons (Fsp3) is 0.200. The summed E-state index contributed by atoms with van der Waals surface area (Å²) in [4.78, 5) is 24.2. The third kappa shape index (κ3) is 6.85. The molecule has 1 heterocycles. The van der Waals surface area contributed by atoms with Crippen LogP contribution in [0.4, 0.5) is 5.69 Å². The van der Waals surface area contributed by atoms with Crippen molar-refractivity contribution < 1.29 is 9.59 Å². The second kappa shape index (κ2) is 10.4. The Kier molecular flexibility index (Phi) is 7.62. The number of anilines is 1. The lowest BCUT2D eigenvalue weighted by molar-refractivity contribution is -0.118. The van der Waals surface area contributed by atoms with E-state index in [1.165, 1.54) is 23.1 Å². The van der Waals surface area contributed by atoms with Gasteiger partial charge in [-0.2, -0.15) is 0 Å². The van der Waals surface area contributed by atoms with E-state index in [2.05, 4.69) is 20.8 Å². The van der Waals surface area contributed by atoms with Gasteiger partial charge in [0.1, 0.15) is 5.01 Å². The highest BCUT2D eigenvalue weighted by Crippen LogP contribution is 2.18. The van der Waals surface area contributed by atoms with Crippen LogP contribution in [0, 0.1) is 6.92 Å². The van der Waals surface area contributed by atoms with E-state index in [0.717, 1.165) is 11.1 Å². The van der Waals surface area contributed by atoms with E-state index in [4.69, 9.17) is 11.6 Å². The zero-order valence-corrected chi connectivity index (χ0v) is 18.0. The van der Waals surface area contributed by atoms with E-state index in [0.29, 0.717) is 38.8 Å². The van der Waals surface area contributed by atoms with E-state index < -0.39 is 0 Å². The Bertz CT molecular complexity index is 975. The average Bonchev–Trinajstić information content (AvgIpc) is 3.18. The number of thioether (sulfide) groups is 1. The Balaban J connectivity index is 1.40. The second-order valence-electron chi connectivity index (χ2n) is 6.22. The number of hydrogen-bond acceptors (Lipinski definition) is 6. The number of nitrogens with zero attached hydrogens (tertiary/aromatic N) is 2. The molecule has 0 spiro atoms. The normalized spacial score (nSPS) is 10.6. The molecule has 2 aromatic carbocycles. The minimum atomic E-state index is -0.289. The minimum absolute atomic E-state index is 0.0631. The molecule has 0 aliphatic heterocycles. The van der Waals surface area contributed by atoms with Crippen molar-refractivity contribution in [2.24, 2.45) is 0 Å². The fourth-order valence-electron chi connectivity index (χ4n) is 2.31. The minimum Gasteiger partial charge on any atom is -0.351 e. The largest absolute Gasteiger partial charge is 0.351 e. The smallest absolute Gasteiger partial charge is 0.286 e.